The van der Waals surface area contributed by atoms with Gasteiger partial charge in [-0.2, -0.15) is 5.10 Å². The second-order valence-corrected chi connectivity index (χ2v) is 7.20. The monoisotopic (exact) mass is 376 g/mol. The van der Waals surface area contributed by atoms with Crippen LogP contribution in [0.4, 0.5) is 0 Å². The number of hydrogen-bond donors (Lipinski definition) is 2. The highest BCUT2D eigenvalue weighted by molar-refractivity contribution is 5.99. The minimum absolute atomic E-state index is 0.0253. The number of Topliss-reactive ketones (excluding diaryl/α,β-unsaturated/α-hetero) is 1. The Morgan fingerprint density at radius 3 is 2.89 bits per heavy atom. The van der Waals surface area contributed by atoms with Crippen molar-refractivity contribution in [2.45, 2.75) is 30.8 Å². The van der Waals surface area contributed by atoms with Gasteiger partial charge >= 0.3 is 0 Å². The van der Waals surface area contributed by atoms with Gasteiger partial charge in [0.2, 0.25) is 0 Å². The van der Waals surface area contributed by atoms with Gasteiger partial charge in [-0.05, 0) is 29.7 Å². The number of nitrogens with one attached hydrogen (secondary N) is 1. The Labute approximate surface area is 161 Å². The molecule has 0 saturated heterocycles. The van der Waals surface area contributed by atoms with E-state index in [-0.39, 0.29) is 29.9 Å². The molecular formula is C21H20N4O3. The summed E-state index contributed by atoms with van der Waals surface area (Å²) >= 11 is 0. The number of nitrogens with zero attached hydrogens (tertiary/aromatic N) is 3. The third-order valence-corrected chi connectivity index (χ3v) is 5.67. The molecule has 28 heavy (non-hydrogen) atoms. The topological polar surface area (TPSA) is 93.2 Å². The fourth-order valence-electron chi connectivity index (χ4n) is 4.41. The molecule has 2 aromatic heterocycles. The lowest BCUT2D eigenvalue weighted by Crippen LogP contribution is -2.38. The molecule has 7 heteroatoms. The van der Waals surface area contributed by atoms with Gasteiger partial charge < -0.3 is 14.8 Å². The van der Waals surface area contributed by atoms with Gasteiger partial charge in [-0.15, -0.1) is 0 Å². The quantitative estimate of drug-likeness (QED) is 0.730. The fourth-order valence-corrected chi connectivity index (χ4v) is 4.41. The summed E-state index contributed by atoms with van der Waals surface area (Å²) in [6.07, 6.45) is 5.70. The average Bonchev–Trinajstić information content (AvgIpc) is 3.42. The van der Waals surface area contributed by atoms with Crippen molar-refractivity contribution in [3.05, 3.63) is 83.5 Å². The lowest BCUT2D eigenvalue weighted by molar-refractivity contribution is -0.117. The molecule has 1 aliphatic heterocycles. The molecule has 2 aliphatic rings. The van der Waals surface area contributed by atoms with Gasteiger partial charge in [0.1, 0.15) is 30.2 Å². The summed E-state index contributed by atoms with van der Waals surface area (Å²) in [5.74, 6) is 0.255. The molecule has 1 aliphatic carbocycles. The van der Waals surface area contributed by atoms with Gasteiger partial charge in [0.15, 0.2) is 5.78 Å². The van der Waals surface area contributed by atoms with Gasteiger partial charge in [0.05, 0.1) is 23.8 Å². The van der Waals surface area contributed by atoms with E-state index in [9.17, 15) is 9.90 Å². The molecule has 0 unspecified atom stereocenters. The number of furan rings is 1. The first-order valence-electron chi connectivity index (χ1n) is 9.39. The van der Waals surface area contributed by atoms with E-state index in [2.05, 4.69) is 21.5 Å². The summed E-state index contributed by atoms with van der Waals surface area (Å²) in [4.78, 5) is 17.2. The molecule has 2 N–H and O–H groups in total. The van der Waals surface area contributed by atoms with Gasteiger partial charge in [0.25, 0.3) is 0 Å². The van der Waals surface area contributed by atoms with E-state index in [1.807, 2.05) is 24.3 Å². The average molecular weight is 376 g/mol. The smallest absolute Gasteiger partial charge is 0.165 e. The normalized spacial score (nSPS) is 25.0. The van der Waals surface area contributed by atoms with Gasteiger partial charge in [0, 0.05) is 13.0 Å². The number of allylic oxidation sites excluding steroid dienone is 1. The standard InChI is InChI=1S/C21H20N4O3/c26-16-10-15(17-6-3-9-28-17)20(25-12-22-11-24-25)21(27)18(16)19-14-5-2-1-4-13(14)7-8-23-19/h1-6,9,11-12,15,19-20,23,27H,7-8,10H2/t15-,19+,20-/m1/s1. The molecule has 3 atom stereocenters. The number of rotatable bonds is 3. The second kappa shape index (κ2) is 6.76. The third kappa shape index (κ3) is 2.66. The number of carbonyl (C=O) groups excluding carboxylic acids is 1. The predicted octanol–water partition coefficient (Wildman–Crippen LogP) is 2.87. The molecule has 0 radical (unpaired) electrons. The minimum Gasteiger partial charge on any atom is -0.510 e. The summed E-state index contributed by atoms with van der Waals surface area (Å²) in [7, 11) is 0. The van der Waals surface area contributed by atoms with E-state index < -0.39 is 6.04 Å². The van der Waals surface area contributed by atoms with Gasteiger partial charge in [-0.3, -0.25) is 4.79 Å². The number of ketones is 1. The first-order valence-corrected chi connectivity index (χ1v) is 9.39. The van der Waals surface area contributed by atoms with Gasteiger partial charge in [-0.25, -0.2) is 9.67 Å². The van der Waals surface area contributed by atoms with Crippen molar-refractivity contribution >= 4 is 5.78 Å². The Kier molecular flexibility index (Phi) is 4.09. The summed E-state index contributed by atoms with van der Waals surface area (Å²) in [6, 6.07) is 10.8. The molecule has 1 aromatic carbocycles. The van der Waals surface area contributed by atoms with Crippen LogP contribution in [0.3, 0.4) is 0 Å². The molecule has 142 valence electrons. The lowest BCUT2D eigenvalue weighted by Gasteiger charge is -2.35. The number of aliphatic hydroxyl groups is 1. The molecular weight excluding hydrogens is 356 g/mol. The maximum absolute atomic E-state index is 13.2. The van der Waals surface area contributed by atoms with Crippen LogP contribution in [0.15, 0.2) is 71.1 Å². The Balaban J connectivity index is 1.65. The highest BCUT2D eigenvalue weighted by atomic mass is 16.3. The van der Waals surface area contributed by atoms with Crippen LogP contribution < -0.4 is 5.32 Å². The van der Waals surface area contributed by atoms with Crippen LogP contribution >= 0.6 is 0 Å². The van der Waals surface area contributed by atoms with Crippen LogP contribution in [0.5, 0.6) is 0 Å². The summed E-state index contributed by atoms with van der Waals surface area (Å²) in [5, 5.41) is 19.0. The number of fused-ring (bicyclic) bond motifs is 1. The summed E-state index contributed by atoms with van der Waals surface area (Å²) in [6.45, 7) is 0.751. The van der Waals surface area contributed by atoms with E-state index in [1.54, 1.807) is 23.3 Å². The maximum Gasteiger partial charge on any atom is 0.165 e. The predicted molar refractivity (Wildman–Crippen MR) is 101 cm³/mol. The summed E-state index contributed by atoms with van der Waals surface area (Å²) in [5.41, 5.74) is 2.65. The van der Waals surface area contributed by atoms with Crippen molar-refractivity contribution in [1.82, 2.24) is 20.1 Å². The van der Waals surface area contributed by atoms with Gasteiger partial charge in [-0.1, -0.05) is 24.3 Å². The maximum atomic E-state index is 13.2. The highest BCUT2D eigenvalue weighted by Crippen LogP contribution is 2.45. The Bertz CT molecular complexity index is 1020. The molecule has 0 amide bonds. The largest absolute Gasteiger partial charge is 0.510 e. The molecule has 7 nitrogen and oxygen atoms in total. The zero-order valence-corrected chi connectivity index (χ0v) is 15.2. The fraction of sp³-hybridized carbons (Fsp3) is 0.286. The van der Waals surface area contributed by atoms with E-state index in [0.717, 1.165) is 18.5 Å². The van der Waals surface area contributed by atoms with Crippen molar-refractivity contribution in [2.75, 3.05) is 6.54 Å². The number of hydrogen-bond acceptors (Lipinski definition) is 6. The van der Waals surface area contributed by atoms with Crippen LogP contribution in [0.2, 0.25) is 0 Å². The number of aliphatic hydroxyl groups excluding tert-OH is 1. The second-order valence-electron chi connectivity index (χ2n) is 7.20. The lowest BCUT2D eigenvalue weighted by atomic mass is 9.76. The first-order chi connectivity index (χ1) is 13.7. The molecule has 5 rings (SSSR count). The van der Waals surface area contributed by atoms with Crippen LogP contribution in [-0.4, -0.2) is 32.2 Å². The zero-order valence-electron chi connectivity index (χ0n) is 15.2. The molecule has 3 aromatic rings. The first kappa shape index (κ1) is 16.9. The van der Waals surface area contributed by atoms with E-state index in [1.165, 1.54) is 11.9 Å². The molecule has 0 spiro atoms. The number of benzene rings is 1. The van der Waals surface area contributed by atoms with Crippen LogP contribution in [0.1, 0.15) is 41.3 Å². The van der Waals surface area contributed by atoms with Crippen LogP contribution in [0, 0.1) is 0 Å². The van der Waals surface area contributed by atoms with Crippen molar-refractivity contribution in [2.24, 2.45) is 0 Å². The minimum atomic E-state index is -0.544. The van der Waals surface area contributed by atoms with E-state index in [0.29, 0.717) is 11.3 Å². The van der Waals surface area contributed by atoms with Crippen LogP contribution in [-0.2, 0) is 11.2 Å². The van der Waals surface area contributed by atoms with Crippen LogP contribution in [0.25, 0.3) is 0 Å². The van der Waals surface area contributed by atoms with Crippen molar-refractivity contribution in [3.63, 3.8) is 0 Å². The Morgan fingerprint density at radius 1 is 1.21 bits per heavy atom. The molecule has 0 fully saturated rings. The number of carbonyl (C=O) groups is 1. The number of aromatic nitrogens is 3. The summed E-state index contributed by atoms with van der Waals surface area (Å²) < 4.78 is 7.17. The Hall–Kier alpha value is -3.19. The van der Waals surface area contributed by atoms with E-state index >= 15 is 0 Å². The molecule has 0 bridgehead atoms. The molecule has 3 heterocycles. The molecule has 0 saturated carbocycles. The van der Waals surface area contributed by atoms with E-state index in [4.69, 9.17) is 4.42 Å². The zero-order chi connectivity index (χ0) is 19.1. The van der Waals surface area contributed by atoms with Crippen molar-refractivity contribution in [1.29, 1.82) is 0 Å². The SMILES string of the molecule is O=C1C[C@H](c2ccco2)[C@@H](n2cncn2)C(O)=C1[C@H]1NCCc2ccccc21. The Morgan fingerprint density at radius 2 is 2.11 bits per heavy atom. The van der Waals surface area contributed by atoms with Crippen molar-refractivity contribution in [3.8, 4) is 0 Å². The third-order valence-electron chi connectivity index (χ3n) is 5.67. The highest BCUT2D eigenvalue weighted by Gasteiger charge is 2.43. The van der Waals surface area contributed by atoms with Crippen molar-refractivity contribution < 1.29 is 14.3 Å².